The highest BCUT2D eigenvalue weighted by Crippen LogP contribution is 2.25. The monoisotopic (exact) mass is 227 g/mol. The van der Waals surface area contributed by atoms with Crippen molar-refractivity contribution in [1.82, 2.24) is 0 Å². The first kappa shape index (κ1) is 9.21. The Labute approximate surface area is 79.2 Å². The van der Waals surface area contributed by atoms with Gasteiger partial charge < -0.3 is 4.85 Å². The van der Waals surface area contributed by atoms with E-state index in [2.05, 4.69) is 20.8 Å². The number of benzene rings is 1. The van der Waals surface area contributed by atoms with Crippen LogP contribution in [0.1, 0.15) is 18.5 Å². The van der Waals surface area contributed by atoms with Gasteiger partial charge in [0.2, 0.25) is 6.04 Å². The third kappa shape index (κ3) is 1.64. The molecule has 0 aliphatic carbocycles. The van der Waals surface area contributed by atoms with Gasteiger partial charge in [-0.05, 0) is 28.1 Å². The molecule has 1 rings (SSSR count). The normalized spacial score (nSPS) is 12.2. The molecule has 0 radical (unpaired) electrons. The Balaban J connectivity index is 3.18. The topological polar surface area (TPSA) is 4.36 Å². The Kier molecular flexibility index (Phi) is 2.83. The van der Waals surface area contributed by atoms with Crippen molar-refractivity contribution in [3.63, 3.8) is 0 Å². The molecular formula is C9H7BrFN. The highest BCUT2D eigenvalue weighted by atomic mass is 79.9. The minimum Gasteiger partial charge on any atom is -0.309 e. The summed E-state index contributed by atoms with van der Waals surface area (Å²) >= 11 is 3.07. The van der Waals surface area contributed by atoms with Gasteiger partial charge in [0.25, 0.3) is 0 Å². The number of halogens is 2. The van der Waals surface area contributed by atoms with Gasteiger partial charge in [0, 0.05) is 6.92 Å². The molecule has 1 aromatic carbocycles. The van der Waals surface area contributed by atoms with Gasteiger partial charge in [0.15, 0.2) is 0 Å². The van der Waals surface area contributed by atoms with E-state index in [1.807, 2.05) is 0 Å². The van der Waals surface area contributed by atoms with Gasteiger partial charge in [-0.15, -0.1) is 0 Å². The maximum atomic E-state index is 13.2. The Morgan fingerprint density at radius 3 is 2.83 bits per heavy atom. The fourth-order valence-electron chi connectivity index (χ4n) is 0.913. The number of hydrogen-bond acceptors (Lipinski definition) is 0. The molecule has 0 spiro atoms. The minimum absolute atomic E-state index is 0.332. The predicted molar refractivity (Wildman–Crippen MR) is 49.1 cm³/mol. The van der Waals surface area contributed by atoms with Gasteiger partial charge in [-0.3, -0.25) is 0 Å². The van der Waals surface area contributed by atoms with Crippen LogP contribution in [-0.2, 0) is 0 Å². The van der Waals surface area contributed by atoms with Crippen molar-refractivity contribution in [2.75, 3.05) is 0 Å². The van der Waals surface area contributed by atoms with E-state index in [4.69, 9.17) is 6.57 Å². The Bertz CT molecular complexity index is 330. The molecule has 0 fully saturated rings. The maximum absolute atomic E-state index is 13.2. The summed E-state index contributed by atoms with van der Waals surface area (Å²) in [4.78, 5) is 3.25. The van der Waals surface area contributed by atoms with Crippen LogP contribution in [0.4, 0.5) is 4.39 Å². The van der Waals surface area contributed by atoms with Crippen molar-refractivity contribution in [1.29, 1.82) is 0 Å². The van der Waals surface area contributed by atoms with E-state index in [9.17, 15) is 4.39 Å². The molecule has 1 unspecified atom stereocenters. The van der Waals surface area contributed by atoms with E-state index in [-0.39, 0.29) is 5.82 Å². The summed E-state index contributed by atoms with van der Waals surface area (Å²) < 4.78 is 13.7. The standard InChI is InChI=1S/C9H7BrFN/c1-6(12-2)7-4-3-5-8(10)9(7)11/h3-6H,1H3. The largest absolute Gasteiger partial charge is 0.309 e. The Morgan fingerprint density at radius 2 is 2.25 bits per heavy atom. The van der Waals surface area contributed by atoms with Crippen molar-refractivity contribution in [3.05, 3.63) is 45.5 Å². The lowest BCUT2D eigenvalue weighted by atomic mass is 10.1. The van der Waals surface area contributed by atoms with E-state index < -0.39 is 6.04 Å². The van der Waals surface area contributed by atoms with Crippen molar-refractivity contribution in [2.45, 2.75) is 13.0 Å². The smallest absolute Gasteiger partial charge is 0.248 e. The molecule has 0 aliphatic rings. The van der Waals surface area contributed by atoms with Crippen molar-refractivity contribution < 1.29 is 4.39 Å². The molecule has 0 N–H and O–H groups in total. The fraction of sp³-hybridized carbons (Fsp3) is 0.222. The SMILES string of the molecule is [C-]#[N+]C(C)c1cccc(Br)c1F. The van der Waals surface area contributed by atoms with E-state index >= 15 is 0 Å². The molecule has 0 amide bonds. The quantitative estimate of drug-likeness (QED) is 0.647. The van der Waals surface area contributed by atoms with Crippen LogP contribution in [0.15, 0.2) is 22.7 Å². The third-order valence-electron chi connectivity index (χ3n) is 1.63. The molecule has 0 heterocycles. The van der Waals surface area contributed by atoms with E-state index in [0.29, 0.717) is 10.0 Å². The third-order valence-corrected chi connectivity index (χ3v) is 2.24. The highest BCUT2D eigenvalue weighted by molar-refractivity contribution is 9.10. The second kappa shape index (κ2) is 3.68. The summed E-state index contributed by atoms with van der Waals surface area (Å²) in [7, 11) is 0. The average Bonchev–Trinajstić information content (AvgIpc) is 2.08. The number of nitrogens with zero attached hydrogens (tertiary/aromatic N) is 1. The first-order valence-electron chi connectivity index (χ1n) is 3.47. The summed E-state index contributed by atoms with van der Waals surface area (Å²) in [6.07, 6.45) is 0. The molecule has 1 aromatic rings. The first-order valence-corrected chi connectivity index (χ1v) is 4.26. The Hall–Kier alpha value is -0.880. The van der Waals surface area contributed by atoms with Gasteiger partial charge in [0.05, 0.1) is 10.0 Å². The lowest BCUT2D eigenvalue weighted by Crippen LogP contribution is -1.92. The molecule has 12 heavy (non-hydrogen) atoms. The summed E-state index contributed by atoms with van der Waals surface area (Å²) in [6, 6.07) is 4.56. The lowest BCUT2D eigenvalue weighted by Gasteiger charge is -2.02. The first-order chi connectivity index (χ1) is 5.66. The lowest BCUT2D eigenvalue weighted by molar-refractivity contribution is 0.598. The molecule has 62 valence electrons. The van der Waals surface area contributed by atoms with E-state index in [1.54, 1.807) is 25.1 Å². The molecule has 0 aliphatic heterocycles. The van der Waals surface area contributed by atoms with Crippen LogP contribution in [0.3, 0.4) is 0 Å². The van der Waals surface area contributed by atoms with Crippen LogP contribution in [0, 0.1) is 12.4 Å². The van der Waals surface area contributed by atoms with Gasteiger partial charge >= 0.3 is 0 Å². The van der Waals surface area contributed by atoms with Crippen LogP contribution in [0.5, 0.6) is 0 Å². The van der Waals surface area contributed by atoms with Crippen molar-refractivity contribution in [2.24, 2.45) is 0 Å². The van der Waals surface area contributed by atoms with Crippen LogP contribution >= 0.6 is 15.9 Å². The zero-order chi connectivity index (χ0) is 9.14. The molecule has 0 aromatic heterocycles. The number of hydrogen-bond donors (Lipinski definition) is 0. The molecule has 1 atom stereocenters. The summed E-state index contributed by atoms with van der Waals surface area (Å²) in [5, 5.41) is 0. The fourth-order valence-corrected chi connectivity index (χ4v) is 1.29. The predicted octanol–water partition coefficient (Wildman–Crippen LogP) is 3.57. The summed E-state index contributed by atoms with van der Waals surface area (Å²) in [5.41, 5.74) is 0.444. The Morgan fingerprint density at radius 1 is 1.58 bits per heavy atom. The number of rotatable bonds is 1. The second-order valence-electron chi connectivity index (χ2n) is 2.45. The van der Waals surface area contributed by atoms with E-state index in [1.165, 1.54) is 0 Å². The van der Waals surface area contributed by atoms with E-state index in [0.717, 1.165) is 0 Å². The molecule has 1 nitrogen and oxygen atoms in total. The van der Waals surface area contributed by atoms with Gasteiger partial charge in [0.1, 0.15) is 5.82 Å². The molecule has 0 bridgehead atoms. The average molecular weight is 228 g/mol. The van der Waals surface area contributed by atoms with Gasteiger partial charge in [-0.2, -0.15) is 0 Å². The highest BCUT2D eigenvalue weighted by Gasteiger charge is 2.15. The van der Waals surface area contributed by atoms with Crippen LogP contribution in [0.2, 0.25) is 0 Å². The van der Waals surface area contributed by atoms with Gasteiger partial charge in [-0.25, -0.2) is 11.0 Å². The van der Waals surface area contributed by atoms with Crippen LogP contribution in [0.25, 0.3) is 4.85 Å². The second-order valence-corrected chi connectivity index (χ2v) is 3.30. The molecular weight excluding hydrogens is 221 g/mol. The summed E-state index contributed by atoms with van der Waals surface area (Å²) in [5.74, 6) is -0.332. The summed E-state index contributed by atoms with van der Waals surface area (Å²) in [6.45, 7) is 8.43. The van der Waals surface area contributed by atoms with Crippen LogP contribution < -0.4 is 0 Å². The van der Waals surface area contributed by atoms with Crippen molar-refractivity contribution in [3.8, 4) is 0 Å². The molecule has 0 saturated carbocycles. The zero-order valence-corrected chi connectivity index (χ0v) is 8.10. The maximum Gasteiger partial charge on any atom is 0.248 e. The minimum atomic E-state index is -0.414. The van der Waals surface area contributed by atoms with Crippen LogP contribution in [-0.4, -0.2) is 0 Å². The van der Waals surface area contributed by atoms with Crippen molar-refractivity contribution >= 4 is 15.9 Å². The molecule has 0 saturated heterocycles. The van der Waals surface area contributed by atoms with Gasteiger partial charge in [-0.1, -0.05) is 6.07 Å². The zero-order valence-electron chi connectivity index (χ0n) is 6.51. The molecule has 3 heteroatoms.